The first-order valence-corrected chi connectivity index (χ1v) is 8.03. The zero-order valence-electron chi connectivity index (χ0n) is 14.7. The fourth-order valence-electron chi connectivity index (χ4n) is 2.04. The van der Waals surface area contributed by atoms with Gasteiger partial charge in [-0.15, -0.1) is 0 Å². The van der Waals surface area contributed by atoms with E-state index in [1.165, 1.54) is 16.7 Å². The molecule has 0 unspecified atom stereocenters. The lowest BCUT2D eigenvalue weighted by molar-refractivity contribution is -0.137. The number of carbonyl (C=O) groups is 1. The molecule has 0 amide bonds. The fraction of sp³-hybridized carbons (Fsp3) is 0.632. The van der Waals surface area contributed by atoms with Crippen LogP contribution in [0, 0.1) is 5.92 Å². The van der Waals surface area contributed by atoms with Crippen LogP contribution in [0.15, 0.2) is 34.9 Å². The minimum atomic E-state index is -0.217. The Bertz CT molecular complexity index is 394. The third-order valence-corrected chi connectivity index (χ3v) is 3.35. The second kappa shape index (κ2) is 11.4. The third kappa shape index (κ3) is 11.1. The minimum absolute atomic E-state index is 0.217. The van der Waals surface area contributed by atoms with Gasteiger partial charge in [-0.3, -0.25) is 0 Å². The summed E-state index contributed by atoms with van der Waals surface area (Å²) < 4.78 is 4.99. The molecule has 0 aromatic carbocycles. The van der Waals surface area contributed by atoms with Crippen LogP contribution in [0.5, 0.6) is 0 Å². The molecule has 0 aliphatic carbocycles. The Morgan fingerprint density at radius 2 is 1.67 bits per heavy atom. The highest BCUT2D eigenvalue weighted by Gasteiger charge is 2.06. The van der Waals surface area contributed by atoms with Gasteiger partial charge in [0, 0.05) is 6.08 Å². The Hall–Kier alpha value is -1.31. The van der Waals surface area contributed by atoms with Crippen LogP contribution in [0.1, 0.15) is 67.2 Å². The number of carbonyl (C=O) groups excluding carboxylic acids is 1. The van der Waals surface area contributed by atoms with Gasteiger partial charge >= 0.3 is 5.97 Å². The Labute approximate surface area is 131 Å². The van der Waals surface area contributed by atoms with E-state index in [2.05, 4.69) is 46.8 Å². The van der Waals surface area contributed by atoms with Gasteiger partial charge in [0.05, 0.1) is 6.61 Å². The quantitative estimate of drug-likeness (QED) is 0.314. The normalized spacial score (nSPS) is 12.5. The van der Waals surface area contributed by atoms with Crippen molar-refractivity contribution in [1.82, 2.24) is 0 Å². The standard InChI is InChI=1S/C19H32O2/c1-7-21-19(20)14-18(16(4)5)13-9-12-17(6)11-8-10-15(2)3/h10,12,14,16H,7-9,11,13H2,1-6H3/b17-12+,18-14-. The van der Waals surface area contributed by atoms with E-state index in [0.717, 1.165) is 25.7 Å². The molecule has 0 spiro atoms. The summed E-state index contributed by atoms with van der Waals surface area (Å²) in [5, 5.41) is 0. The molecule has 120 valence electrons. The fourth-order valence-corrected chi connectivity index (χ4v) is 2.04. The first kappa shape index (κ1) is 19.7. The maximum absolute atomic E-state index is 11.5. The summed E-state index contributed by atoms with van der Waals surface area (Å²) in [5.74, 6) is 0.166. The summed E-state index contributed by atoms with van der Waals surface area (Å²) in [7, 11) is 0. The van der Waals surface area contributed by atoms with Crippen molar-refractivity contribution < 1.29 is 9.53 Å². The maximum Gasteiger partial charge on any atom is 0.330 e. The Balaban J connectivity index is 4.37. The van der Waals surface area contributed by atoms with Crippen LogP contribution < -0.4 is 0 Å². The highest BCUT2D eigenvalue weighted by molar-refractivity contribution is 5.82. The number of rotatable bonds is 9. The minimum Gasteiger partial charge on any atom is -0.463 e. The van der Waals surface area contributed by atoms with Crippen LogP contribution in [0.2, 0.25) is 0 Å². The zero-order valence-corrected chi connectivity index (χ0v) is 14.7. The number of allylic oxidation sites excluding steroid dienone is 5. The molecule has 0 atom stereocenters. The van der Waals surface area contributed by atoms with Crippen molar-refractivity contribution in [3.63, 3.8) is 0 Å². The smallest absolute Gasteiger partial charge is 0.330 e. The summed E-state index contributed by atoms with van der Waals surface area (Å²) in [6.45, 7) is 13.0. The molecule has 0 saturated carbocycles. The molecule has 0 radical (unpaired) electrons. The van der Waals surface area contributed by atoms with E-state index in [4.69, 9.17) is 4.74 Å². The van der Waals surface area contributed by atoms with Crippen molar-refractivity contribution >= 4 is 5.97 Å². The lowest BCUT2D eigenvalue weighted by Gasteiger charge is -2.10. The maximum atomic E-state index is 11.5. The molecule has 2 nitrogen and oxygen atoms in total. The number of ether oxygens (including phenoxy) is 1. The molecule has 0 aromatic heterocycles. The second-order valence-electron chi connectivity index (χ2n) is 6.04. The predicted octanol–water partition coefficient (Wildman–Crippen LogP) is 5.60. The van der Waals surface area contributed by atoms with E-state index < -0.39 is 0 Å². The van der Waals surface area contributed by atoms with Crippen molar-refractivity contribution in [1.29, 1.82) is 0 Å². The molecule has 2 heteroatoms. The SMILES string of the molecule is CCOC(=O)/C=C(/CC/C=C(\C)CCC=C(C)C)C(C)C. The third-order valence-electron chi connectivity index (χ3n) is 3.35. The Morgan fingerprint density at radius 1 is 1.05 bits per heavy atom. The summed E-state index contributed by atoms with van der Waals surface area (Å²) in [6.07, 6.45) is 10.4. The summed E-state index contributed by atoms with van der Waals surface area (Å²) >= 11 is 0. The molecular weight excluding hydrogens is 260 g/mol. The predicted molar refractivity (Wildman–Crippen MR) is 91.2 cm³/mol. The lowest BCUT2D eigenvalue weighted by Crippen LogP contribution is -2.04. The van der Waals surface area contributed by atoms with E-state index in [0.29, 0.717) is 12.5 Å². The van der Waals surface area contributed by atoms with Gasteiger partial charge in [0.15, 0.2) is 0 Å². The number of esters is 1. The summed E-state index contributed by atoms with van der Waals surface area (Å²) in [5.41, 5.74) is 3.97. The molecule has 21 heavy (non-hydrogen) atoms. The van der Waals surface area contributed by atoms with Gasteiger partial charge in [0.1, 0.15) is 0 Å². The van der Waals surface area contributed by atoms with Gasteiger partial charge < -0.3 is 4.74 Å². The van der Waals surface area contributed by atoms with Crippen molar-refractivity contribution in [2.75, 3.05) is 6.61 Å². The van der Waals surface area contributed by atoms with Crippen LogP contribution in [0.3, 0.4) is 0 Å². The molecule has 0 aliphatic rings. The second-order valence-corrected chi connectivity index (χ2v) is 6.04. The van der Waals surface area contributed by atoms with Crippen LogP contribution in [0.25, 0.3) is 0 Å². The lowest BCUT2D eigenvalue weighted by atomic mass is 9.97. The van der Waals surface area contributed by atoms with Crippen molar-refractivity contribution in [3.8, 4) is 0 Å². The molecule has 0 aromatic rings. The van der Waals surface area contributed by atoms with Crippen LogP contribution in [-0.4, -0.2) is 12.6 Å². The van der Waals surface area contributed by atoms with Gasteiger partial charge in [-0.25, -0.2) is 4.79 Å². The monoisotopic (exact) mass is 292 g/mol. The van der Waals surface area contributed by atoms with Gasteiger partial charge in [-0.05, 0) is 59.3 Å². The molecule has 0 heterocycles. The van der Waals surface area contributed by atoms with E-state index in [1.807, 2.05) is 6.92 Å². The average Bonchev–Trinajstić information content (AvgIpc) is 2.37. The van der Waals surface area contributed by atoms with E-state index in [9.17, 15) is 4.79 Å². The van der Waals surface area contributed by atoms with Crippen LogP contribution in [0.4, 0.5) is 0 Å². The molecular formula is C19H32O2. The zero-order chi connectivity index (χ0) is 16.3. The number of hydrogen-bond acceptors (Lipinski definition) is 2. The largest absolute Gasteiger partial charge is 0.463 e. The molecule has 0 saturated heterocycles. The van der Waals surface area contributed by atoms with Crippen molar-refractivity contribution in [2.45, 2.75) is 67.2 Å². The van der Waals surface area contributed by atoms with Crippen LogP contribution >= 0.6 is 0 Å². The van der Waals surface area contributed by atoms with Gasteiger partial charge in [-0.2, -0.15) is 0 Å². The Morgan fingerprint density at radius 3 is 2.19 bits per heavy atom. The molecule has 0 bridgehead atoms. The first-order valence-electron chi connectivity index (χ1n) is 8.03. The van der Waals surface area contributed by atoms with E-state index in [1.54, 1.807) is 6.08 Å². The number of hydrogen-bond donors (Lipinski definition) is 0. The van der Waals surface area contributed by atoms with E-state index >= 15 is 0 Å². The average molecular weight is 292 g/mol. The summed E-state index contributed by atoms with van der Waals surface area (Å²) in [4.78, 5) is 11.5. The topological polar surface area (TPSA) is 26.3 Å². The highest BCUT2D eigenvalue weighted by atomic mass is 16.5. The van der Waals surface area contributed by atoms with Gasteiger partial charge in [-0.1, -0.05) is 42.7 Å². The summed E-state index contributed by atoms with van der Waals surface area (Å²) in [6, 6.07) is 0. The van der Waals surface area contributed by atoms with Crippen LogP contribution in [-0.2, 0) is 9.53 Å². The molecule has 0 fully saturated rings. The van der Waals surface area contributed by atoms with E-state index in [-0.39, 0.29) is 5.97 Å². The molecule has 0 rings (SSSR count). The van der Waals surface area contributed by atoms with Crippen molar-refractivity contribution in [3.05, 3.63) is 34.9 Å². The first-order chi connectivity index (χ1) is 9.86. The van der Waals surface area contributed by atoms with Gasteiger partial charge in [0.25, 0.3) is 0 Å². The van der Waals surface area contributed by atoms with Gasteiger partial charge in [0.2, 0.25) is 0 Å². The van der Waals surface area contributed by atoms with Crippen molar-refractivity contribution in [2.24, 2.45) is 5.92 Å². The molecule has 0 aliphatic heterocycles. The molecule has 0 N–H and O–H groups in total. The Kier molecular flexibility index (Phi) is 10.7. The highest BCUT2D eigenvalue weighted by Crippen LogP contribution is 2.18.